The van der Waals surface area contributed by atoms with E-state index in [0.29, 0.717) is 10.2 Å². The van der Waals surface area contributed by atoms with E-state index in [-0.39, 0.29) is 11.9 Å². The standard InChI is InChI=1S/C13H18BrN3O2/c1-10(9-17-5-7-19-8-6-17)16-13(18)12-11(14)3-2-4-15-12/h2-4,10H,5-9H2,1H3,(H,16,18). The Hall–Kier alpha value is -0.980. The van der Waals surface area contributed by atoms with E-state index in [0.717, 1.165) is 32.8 Å². The van der Waals surface area contributed by atoms with Crippen LogP contribution in [0.2, 0.25) is 0 Å². The van der Waals surface area contributed by atoms with Gasteiger partial charge in [-0.2, -0.15) is 0 Å². The lowest BCUT2D eigenvalue weighted by atomic mass is 10.2. The highest BCUT2D eigenvalue weighted by Gasteiger charge is 2.17. The average Bonchev–Trinajstić information content (AvgIpc) is 2.40. The molecule has 104 valence electrons. The fourth-order valence-electron chi connectivity index (χ4n) is 2.06. The Morgan fingerprint density at radius 1 is 1.58 bits per heavy atom. The normalized spacial score (nSPS) is 18.0. The van der Waals surface area contributed by atoms with Crippen molar-refractivity contribution < 1.29 is 9.53 Å². The molecule has 1 saturated heterocycles. The fourth-order valence-corrected chi connectivity index (χ4v) is 2.50. The Morgan fingerprint density at radius 3 is 3.00 bits per heavy atom. The van der Waals surface area contributed by atoms with Crippen LogP contribution in [0.3, 0.4) is 0 Å². The molecule has 1 aliphatic rings. The molecule has 0 aromatic carbocycles. The number of morpholine rings is 1. The Morgan fingerprint density at radius 2 is 2.32 bits per heavy atom. The summed E-state index contributed by atoms with van der Waals surface area (Å²) in [7, 11) is 0. The number of halogens is 1. The Kier molecular flexibility index (Phi) is 5.30. The van der Waals surface area contributed by atoms with Crippen molar-refractivity contribution in [3.05, 3.63) is 28.5 Å². The van der Waals surface area contributed by atoms with Gasteiger partial charge in [-0.05, 0) is 35.0 Å². The SMILES string of the molecule is CC(CN1CCOCC1)NC(=O)c1ncccc1Br. The molecule has 0 spiro atoms. The Balaban J connectivity index is 1.86. The van der Waals surface area contributed by atoms with Crippen LogP contribution in [-0.2, 0) is 4.74 Å². The first kappa shape index (κ1) is 14.4. The molecule has 0 bridgehead atoms. The van der Waals surface area contributed by atoms with E-state index in [2.05, 4.69) is 31.1 Å². The highest BCUT2D eigenvalue weighted by atomic mass is 79.9. The van der Waals surface area contributed by atoms with Crippen LogP contribution in [0.4, 0.5) is 0 Å². The summed E-state index contributed by atoms with van der Waals surface area (Å²) in [6.45, 7) is 6.23. The fraction of sp³-hybridized carbons (Fsp3) is 0.538. The number of aromatic nitrogens is 1. The minimum absolute atomic E-state index is 0.0829. The largest absolute Gasteiger partial charge is 0.379 e. The minimum Gasteiger partial charge on any atom is -0.379 e. The van der Waals surface area contributed by atoms with Crippen LogP contribution >= 0.6 is 15.9 Å². The molecule has 1 atom stereocenters. The number of ether oxygens (including phenoxy) is 1. The van der Waals surface area contributed by atoms with Gasteiger partial charge in [-0.1, -0.05) is 0 Å². The molecule has 6 heteroatoms. The molecule has 1 N–H and O–H groups in total. The van der Waals surface area contributed by atoms with Crippen LogP contribution in [-0.4, -0.2) is 54.7 Å². The molecule has 1 unspecified atom stereocenters. The number of hydrogen-bond acceptors (Lipinski definition) is 4. The Bertz CT molecular complexity index is 436. The molecule has 1 aromatic rings. The molecule has 2 rings (SSSR count). The van der Waals surface area contributed by atoms with Crippen LogP contribution < -0.4 is 5.32 Å². The van der Waals surface area contributed by atoms with Gasteiger partial charge in [-0.15, -0.1) is 0 Å². The first-order chi connectivity index (χ1) is 9.16. The third kappa shape index (κ3) is 4.26. The van der Waals surface area contributed by atoms with E-state index in [9.17, 15) is 4.79 Å². The van der Waals surface area contributed by atoms with Crippen molar-refractivity contribution in [3.8, 4) is 0 Å². The van der Waals surface area contributed by atoms with E-state index in [1.807, 2.05) is 13.0 Å². The molecule has 0 saturated carbocycles. The van der Waals surface area contributed by atoms with Crippen molar-refractivity contribution in [2.45, 2.75) is 13.0 Å². The lowest BCUT2D eigenvalue weighted by Gasteiger charge is -2.29. The topological polar surface area (TPSA) is 54.5 Å². The second-order valence-electron chi connectivity index (χ2n) is 4.62. The molecule has 5 nitrogen and oxygen atoms in total. The summed E-state index contributed by atoms with van der Waals surface area (Å²) >= 11 is 3.34. The average molecular weight is 328 g/mol. The maximum absolute atomic E-state index is 12.1. The van der Waals surface area contributed by atoms with E-state index < -0.39 is 0 Å². The maximum atomic E-state index is 12.1. The van der Waals surface area contributed by atoms with Crippen LogP contribution in [0.15, 0.2) is 22.8 Å². The highest BCUT2D eigenvalue weighted by molar-refractivity contribution is 9.10. The Labute approximate surface area is 121 Å². The molecule has 1 aliphatic heterocycles. The molecule has 1 amide bonds. The molecule has 1 fully saturated rings. The molecule has 1 aromatic heterocycles. The zero-order chi connectivity index (χ0) is 13.7. The first-order valence-corrected chi connectivity index (χ1v) is 7.17. The zero-order valence-corrected chi connectivity index (χ0v) is 12.5. The van der Waals surface area contributed by atoms with Crippen molar-refractivity contribution in [1.82, 2.24) is 15.2 Å². The number of pyridine rings is 1. The lowest BCUT2D eigenvalue weighted by molar-refractivity contribution is 0.0342. The summed E-state index contributed by atoms with van der Waals surface area (Å²) in [4.78, 5) is 18.4. The van der Waals surface area contributed by atoms with Gasteiger partial charge in [0.15, 0.2) is 0 Å². The first-order valence-electron chi connectivity index (χ1n) is 6.38. The van der Waals surface area contributed by atoms with Crippen LogP contribution in [0, 0.1) is 0 Å². The van der Waals surface area contributed by atoms with E-state index in [1.54, 1.807) is 12.3 Å². The number of carbonyl (C=O) groups is 1. The number of nitrogens with zero attached hydrogens (tertiary/aromatic N) is 2. The van der Waals surface area contributed by atoms with Crippen molar-refractivity contribution in [2.24, 2.45) is 0 Å². The van der Waals surface area contributed by atoms with Crippen LogP contribution in [0.25, 0.3) is 0 Å². The third-order valence-corrected chi connectivity index (χ3v) is 3.63. The number of amides is 1. The van der Waals surface area contributed by atoms with Gasteiger partial charge in [0.05, 0.1) is 13.2 Å². The minimum atomic E-state index is -0.145. The number of nitrogens with one attached hydrogen (secondary N) is 1. The van der Waals surface area contributed by atoms with Gasteiger partial charge in [0, 0.05) is 36.3 Å². The van der Waals surface area contributed by atoms with Gasteiger partial charge in [-0.25, -0.2) is 4.98 Å². The second kappa shape index (κ2) is 6.98. The molecular formula is C13H18BrN3O2. The number of rotatable bonds is 4. The maximum Gasteiger partial charge on any atom is 0.271 e. The van der Waals surface area contributed by atoms with Gasteiger partial charge >= 0.3 is 0 Å². The van der Waals surface area contributed by atoms with Gasteiger partial charge in [-0.3, -0.25) is 9.69 Å². The van der Waals surface area contributed by atoms with Crippen molar-refractivity contribution >= 4 is 21.8 Å². The van der Waals surface area contributed by atoms with Crippen LogP contribution in [0.1, 0.15) is 17.4 Å². The molecule has 2 heterocycles. The van der Waals surface area contributed by atoms with Crippen molar-refractivity contribution in [1.29, 1.82) is 0 Å². The monoisotopic (exact) mass is 327 g/mol. The summed E-state index contributed by atoms with van der Waals surface area (Å²) in [6, 6.07) is 3.69. The van der Waals surface area contributed by atoms with E-state index in [1.165, 1.54) is 0 Å². The predicted molar refractivity (Wildman–Crippen MR) is 76.1 cm³/mol. The predicted octanol–water partition coefficient (Wildman–Crippen LogP) is 1.29. The van der Waals surface area contributed by atoms with E-state index in [4.69, 9.17) is 4.74 Å². The summed E-state index contributed by atoms with van der Waals surface area (Å²) in [6.07, 6.45) is 1.62. The summed E-state index contributed by atoms with van der Waals surface area (Å²) < 4.78 is 6.02. The molecule has 0 radical (unpaired) electrons. The summed E-state index contributed by atoms with van der Waals surface area (Å²) in [5.41, 5.74) is 0.427. The quantitative estimate of drug-likeness (QED) is 0.905. The smallest absolute Gasteiger partial charge is 0.271 e. The van der Waals surface area contributed by atoms with Gasteiger partial charge in [0.25, 0.3) is 5.91 Å². The van der Waals surface area contributed by atoms with Crippen LogP contribution in [0.5, 0.6) is 0 Å². The van der Waals surface area contributed by atoms with Crippen molar-refractivity contribution in [2.75, 3.05) is 32.8 Å². The van der Waals surface area contributed by atoms with E-state index >= 15 is 0 Å². The number of hydrogen-bond donors (Lipinski definition) is 1. The second-order valence-corrected chi connectivity index (χ2v) is 5.48. The summed E-state index contributed by atoms with van der Waals surface area (Å²) in [5, 5.41) is 2.97. The number of carbonyl (C=O) groups excluding carboxylic acids is 1. The van der Waals surface area contributed by atoms with Crippen molar-refractivity contribution in [3.63, 3.8) is 0 Å². The zero-order valence-electron chi connectivity index (χ0n) is 10.9. The molecule has 19 heavy (non-hydrogen) atoms. The van der Waals surface area contributed by atoms with Gasteiger partial charge in [0.1, 0.15) is 5.69 Å². The summed E-state index contributed by atoms with van der Waals surface area (Å²) in [5.74, 6) is -0.145. The third-order valence-electron chi connectivity index (χ3n) is 2.99. The lowest BCUT2D eigenvalue weighted by Crippen LogP contribution is -2.46. The van der Waals surface area contributed by atoms with Gasteiger partial charge < -0.3 is 10.1 Å². The molecular weight excluding hydrogens is 310 g/mol. The molecule has 0 aliphatic carbocycles. The highest BCUT2D eigenvalue weighted by Crippen LogP contribution is 2.13. The van der Waals surface area contributed by atoms with Gasteiger partial charge in [0.2, 0.25) is 0 Å².